The van der Waals surface area contributed by atoms with E-state index < -0.39 is 6.09 Å². The monoisotopic (exact) mass is 433 g/mol. The fourth-order valence-electron chi connectivity index (χ4n) is 3.93. The molecule has 1 atom stereocenters. The molecule has 1 aromatic heterocycles. The van der Waals surface area contributed by atoms with E-state index in [2.05, 4.69) is 10.1 Å². The van der Waals surface area contributed by atoms with Crippen molar-refractivity contribution in [1.82, 2.24) is 0 Å². The molecule has 0 saturated carbocycles. The van der Waals surface area contributed by atoms with Crippen molar-refractivity contribution in [3.8, 4) is 11.1 Å². The summed E-state index contributed by atoms with van der Waals surface area (Å²) >= 11 is 0. The summed E-state index contributed by atoms with van der Waals surface area (Å²) in [6.45, 7) is 3.77. The first-order valence-electron chi connectivity index (χ1n) is 10.1. The highest BCUT2D eigenvalue weighted by Crippen LogP contribution is 2.39. The number of ether oxygens (including phenoxy) is 1. The molecule has 8 nitrogen and oxygen atoms in total. The van der Waals surface area contributed by atoms with Crippen LogP contribution >= 0.6 is 0 Å². The average Bonchev–Trinajstić information content (AvgIpc) is 3.33. The zero-order valence-electron chi connectivity index (χ0n) is 18.0. The van der Waals surface area contributed by atoms with Gasteiger partial charge in [-0.3, -0.25) is 14.9 Å². The molecule has 1 N–H and O–H groups in total. The number of fused-ring (bicyclic) bond motifs is 1. The second-order valence-electron chi connectivity index (χ2n) is 7.53. The maximum Gasteiger partial charge on any atom is 0.411 e. The first-order chi connectivity index (χ1) is 15.4. The van der Waals surface area contributed by atoms with Gasteiger partial charge in [-0.2, -0.15) is 0 Å². The minimum absolute atomic E-state index is 0.0881. The molecule has 0 radical (unpaired) electrons. The maximum absolute atomic E-state index is 13.1. The van der Waals surface area contributed by atoms with Crippen molar-refractivity contribution < 1.29 is 23.5 Å². The van der Waals surface area contributed by atoms with Crippen LogP contribution in [0.2, 0.25) is 0 Å². The van der Waals surface area contributed by atoms with Gasteiger partial charge in [0.25, 0.3) is 5.91 Å². The summed E-state index contributed by atoms with van der Waals surface area (Å²) in [4.78, 5) is 40.2. The first-order valence-corrected chi connectivity index (χ1v) is 10.1. The molecule has 3 aromatic rings. The topological polar surface area (TPSA) is 92.1 Å². The van der Waals surface area contributed by atoms with Crippen LogP contribution in [0.3, 0.4) is 0 Å². The molecule has 8 heteroatoms. The lowest BCUT2D eigenvalue weighted by Gasteiger charge is -2.40. The molecule has 0 aliphatic carbocycles. The Balaban J connectivity index is 1.74. The molecular formula is C24H23N3O5. The second kappa shape index (κ2) is 8.58. The fourth-order valence-corrected chi connectivity index (χ4v) is 3.93. The van der Waals surface area contributed by atoms with E-state index in [9.17, 15) is 14.4 Å². The van der Waals surface area contributed by atoms with Crippen molar-refractivity contribution in [3.05, 3.63) is 66.6 Å². The van der Waals surface area contributed by atoms with Gasteiger partial charge in [0.1, 0.15) is 0 Å². The summed E-state index contributed by atoms with van der Waals surface area (Å²) < 4.78 is 9.93. The van der Waals surface area contributed by atoms with Crippen molar-refractivity contribution in [2.45, 2.75) is 19.9 Å². The summed E-state index contributed by atoms with van der Waals surface area (Å²) in [5.41, 5.74) is 3.66. The number of nitrogens with zero attached hydrogens (tertiary/aromatic N) is 2. The molecule has 1 aliphatic heterocycles. The molecule has 1 unspecified atom stereocenters. The van der Waals surface area contributed by atoms with E-state index in [0.717, 1.165) is 11.1 Å². The van der Waals surface area contributed by atoms with Crippen LogP contribution in [-0.4, -0.2) is 37.6 Å². The Morgan fingerprint density at radius 3 is 2.38 bits per heavy atom. The smallest absolute Gasteiger partial charge is 0.411 e. The molecule has 0 fully saturated rings. The van der Waals surface area contributed by atoms with Gasteiger partial charge < -0.3 is 19.0 Å². The van der Waals surface area contributed by atoms with Crippen molar-refractivity contribution >= 4 is 35.0 Å². The van der Waals surface area contributed by atoms with Gasteiger partial charge in [0.15, 0.2) is 5.76 Å². The third-order valence-corrected chi connectivity index (χ3v) is 5.38. The predicted octanol–water partition coefficient (Wildman–Crippen LogP) is 4.53. The molecule has 32 heavy (non-hydrogen) atoms. The molecule has 4 rings (SSSR count). The fraction of sp³-hybridized carbons (Fsp3) is 0.208. The minimum atomic E-state index is -0.544. The van der Waals surface area contributed by atoms with Gasteiger partial charge in [-0.25, -0.2) is 4.79 Å². The highest BCUT2D eigenvalue weighted by Gasteiger charge is 2.34. The van der Waals surface area contributed by atoms with E-state index in [4.69, 9.17) is 4.42 Å². The quantitative estimate of drug-likeness (QED) is 0.655. The highest BCUT2D eigenvalue weighted by atomic mass is 16.5. The van der Waals surface area contributed by atoms with E-state index in [-0.39, 0.29) is 23.6 Å². The molecule has 2 heterocycles. The minimum Gasteiger partial charge on any atom is -0.459 e. The van der Waals surface area contributed by atoms with Crippen LogP contribution in [-0.2, 0) is 9.53 Å². The molecule has 0 spiro atoms. The summed E-state index contributed by atoms with van der Waals surface area (Å²) in [6.07, 6.45) is 0.918. The normalized spacial score (nSPS) is 15.2. The van der Waals surface area contributed by atoms with Crippen molar-refractivity contribution in [3.63, 3.8) is 0 Å². The predicted molar refractivity (Wildman–Crippen MR) is 121 cm³/mol. The molecule has 3 amide bonds. The lowest BCUT2D eigenvalue weighted by Crippen LogP contribution is -2.51. The van der Waals surface area contributed by atoms with Crippen LogP contribution in [0.1, 0.15) is 24.4 Å². The molecule has 0 bridgehead atoms. The number of methoxy groups -OCH3 is 1. The van der Waals surface area contributed by atoms with Gasteiger partial charge in [-0.1, -0.05) is 18.2 Å². The number of hydrogen-bond donors (Lipinski definition) is 1. The van der Waals surface area contributed by atoms with Crippen LogP contribution in [0.15, 0.2) is 65.3 Å². The van der Waals surface area contributed by atoms with Crippen molar-refractivity contribution in [2.75, 3.05) is 28.8 Å². The standard InChI is InChI=1S/C24H23N3O5/c1-15-14-26(23(29)22-5-4-12-32-22)21-13-18(8-11-20(21)27(15)16(2)28)17-6-9-19(10-7-17)25-24(30)31-3/h4-13,15H,14H2,1-3H3,(H,25,30). The third kappa shape index (κ3) is 3.94. The van der Waals surface area contributed by atoms with Crippen LogP contribution in [0.5, 0.6) is 0 Å². The Kier molecular flexibility index (Phi) is 5.68. The van der Waals surface area contributed by atoms with Crippen molar-refractivity contribution in [2.24, 2.45) is 0 Å². The summed E-state index contributed by atoms with van der Waals surface area (Å²) in [7, 11) is 1.30. The number of anilines is 3. The Hall–Kier alpha value is -4.07. The van der Waals surface area contributed by atoms with Crippen LogP contribution in [0.4, 0.5) is 21.9 Å². The van der Waals surface area contributed by atoms with Crippen LogP contribution in [0.25, 0.3) is 11.1 Å². The van der Waals surface area contributed by atoms with Crippen LogP contribution in [0, 0.1) is 0 Å². The maximum atomic E-state index is 13.1. The Morgan fingerprint density at radius 1 is 1.03 bits per heavy atom. The number of hydrogen-bond acceptors (Lipinski definition) is 5. The number of carbonyl (C=O) groups excluding carboxylic acids is 3. The molecule has 1 aliphatic rings. The number of nitrogens with one attached hydrogen (secondary N) is 1. The Bertz CT molecular complexity index is 1150. The molecule has 2 aromatic carbocycles. The Morgan fingerprint density at radius 2 is 1.75 bits per heavy atom. The van der Waals surface area contributed by atoms with Gasteiger partial charge in [-0.05, 0) is 54.4 Å². The first kappa shape index (κ1) is 21.2. The number of benzene rings is 2. The second-order valence-corrected chi connectivity index (χ2v) is 7.53. The zero-order valence-corrected chi connectivity index (χ0v) is 18.0. The van der Waals surface area contributed by atoms with Gasteiger partial charge in [0.05, 0.1) is 30.8 Å². The van der Waals surface area contributed by atoms with E-state index in [1.807, 2.05) is 37.3 Å². The zero-order chi connectivity index (χ0) is 22.8. The van der Waals surface area contributed by atoms with Gasteiger partial charge >= 0.3 is 6.09 Å². The van der Waals surface area contributed by atoms with E-state index in [1.165, 1.54) is 20.3 Å². The van der Waals surface area contributed by atoms with Gasteiger partial charge in [0, 0.05) is 19.2 Å². The van der Waals surface area contributed by atoms with E-state index in [0.29, 0.717) is 23.6 Å². The third-order valence-electron chi connectivity index (χ3n) is 5.38. The number of carbonyl (C=O) groups is 3. The Labute approximate surface area is 185 Å². The summed E-state index contributed by atoms with van der Waals surface area (Å²) in [6, 6.07) is 16.0. The van der Waals surface area contributed by atoms with Gasteiger partial charge in [0.2, 0.25) is 5.91 Å². The number of rotatable bonds is 3. The van der Waals surface area contributed by atoms with E-state index in [1.54, 1.807) is 34.1 Å². The molecule has 164 valence electrons. The summed E-state index contributed by atoms with van der Waals surface area (Å²) in [5, 5.41) is 2.61. The van der Waals surface area contributed by atoms with E-state index >= 15 is 0 Å². The number of furan rings is 1. The largest absolute Gasteiger partial charge is 0.459 e. The van der Waals surface area contributed by atoms with Crippen LogP contribution < -0.4 is 15.1 Å². The molecular weight excluding hydrogens is 410 g/mol. The van der Waals surface area contributed by atoms with Gasteiger partial charge in [-0.15, -0.1) is 0 Å². The summed E-state index contributed by atoms with van der Waals surface area (Å²) in [5.74, 6) is -0.112. The van der Waals surface area contributed by atoms with Crippen molar-refractivity contribution in [1.29, 1.82) is 0 Å². The highest BCUT2D eigenvalue weighted by molar-refractivity contribution is 6.10. The number of amides is 3. The molecule has 0 saturated heterocycles. The lowest BCUT2D eigenvalue weighted by atomic mass is 10.00. The average molecular weight is 433 g/mol. The SMILES string of the molecule is COC(=O)Nc1ccc(-c2ccc3c(c2)N(C(=O)c2ccco2)CC(C)N3C(C)=O)cc1. The lowest BCUT2D eigenvalue weighted by molar-refractivity contribution is -0.117.